The average Bonchev–Trinajstić information content (AvgIpc) is 3.24. The largest absolute Gasteiger partial charge is 0.445 e. The lowest BCUT2D eigenvalue weighted by Gasteiger charge is -2.14. The molecule has 0 saturated heterocycles. The Hall–Kier alpha value is -3.41. The van der Waals surface area contributed by atoms with E-state index in [1.165, 1.54) is 36.7 Å². The van der Waals surface area contributed by atoms with Crippen molar-refractivity contribution in [1.29, 1.82) is 0 Å². The first kappa shape index (κ1) is 26.2. The minimum Gasteiger partial charge on any atom is -0.445 e. The summed E-state index contributed by atoms with van der Waals surface area (Å²) in [6, 6.07) is 7.01. The van der Waals surface area contributed by atoms with Gasteiger partial charge in [0.05, 0.1) is 34.1 Å². The summed E-state index contributed by atoms with van der Waals surface area (Å²) in [7, 11) is 0. The predicted molar refractivity (Wildman–Crippen MR) is 130 cm³/mol. The summed E-state index contributed by atoms with van der Waals surface area (Å²) in [6.45, 7) is 1.02. The molecule has 3 rings (SSSR count). The minimum absolute atomic E-state index is 0.00106. The number of nitrogens with one attached hydrogen (secondary N) is 2. The van der Waals surface area contributed by atoms with Crippen LogP contribution in [-0.4, -0.2) is 52.8 Å². The molecule has 3 aromatic rings. The quantitative estimate of drug-likeness (QED) is 0.286. The van der Waals surface area contributed by atoms with Crippen LogP contribution < -0.4 is 15.4 Å². The van der Waals surface area contributed by atoms with Gasteiger partial charge in [-0.05, 0) is 31.2 Å². The molecule has 0 fully saturated rings. The van der Waals surface area contributed by atoms with Crippen molar-refractivity contribution in [2.75, 3.05) is 25.3 Å². The third-order valence-electron chi connectivity index (χ3n) is 4.23. The van der Waals surface area contributed by atoms with E-state index in [9.17, 15) is 14.0 Å². The van der Waals surface area contributed by atoms with Gasteiger partial charge in [-0.1, -0.05) is 40.0 Å². The molecule has 0 unspecified atom stereocenters. The molecule has 0 aliphatic carbocycles. The lowest BCUT2D eigenvalue weighted by Crippen LogP contribution is -2.27. The van der Waals surface area contributed by atoms with Crippen LogP contribution in [0.2, 0.25) is 15.1 Å². The van der Waals surface area contributed by atoms with Crippen molar-refractivity contribution in [3.8, 4) is 11.7 Å². The number of hydrogen-bond acceptors (Lipinski definition) is 7. The van der Waals surface area contributed by atoms with Crippen LogP contribution >= 0.6 is 34.8 Å². The first-order chi connectivity index (χ1) is 16.8. The first-order valence-corrected chi connectivity index (χ1v) is 11.1. The number of hydrogen-bond donors (Lipinski definition) is 2. The maximum atomic E-state index is 13.2. The number of pyridine rings is 1. The van der Waals surface area contributed by atoms with E-state index in [0.717, 1.165) is 4.68 Å². The topological polar surface area (TPSA) is 120 Å². The van der Waals surface area contributed by atoms with Gasteiger partial charge in [0.25, 0.3) is 11.8 Å². The predicted octanol–water partition coefficient (Wildman–Crippen LogP) is 4.54. The number of halogens is 4. The van der Waals surface area contributed by atoms with Gasteiger partial charge in [-0.3, -0.25) is 9.59 Å². The number of aromatic nitrogens is 3. The van der Waals surface area contributed by atoms with E-state index in [-0.39, 0.29) is 50.3 Å². The summed E-state index contributed by atoms with van der Waals surface area (Å²) < 4.78 is 18.6. The van der Waals surface area contributed by atoms with Gasteiger partial charge >= 0.3 is 0 Å². The zero-order chi connectivity index (χ0) is 25.4. The lowest BCUT2D eigenvalue weighted by atomic mass is 10.1. The molecule has 1 aromatic carbocycles. The van der Waals surface area contributed by atoms with E-state index >= 15 is 0 Å². The molecule has 0 saturated carbocycles. The summed E-state index contributed by atoms with van der Waals surface area (Å²) in [6.07, 6.45) is 2.79. The number of nitrogens with zero attached hydrogens (tertiary/aromatic N) is 4. The van der Waals surface area contributed by atoms with Crippen molar-refractivity contribution in [3.05, 3.63) is 62.9 Å². The lowest BCUT2D eigenvalue weighted by molar-refractivity contribution is 0.0960. The molecular weight excluding hydrogens is 526 g/mol. The molecule has 184 valence electrons. The van der Waals surface area contributed by atoms with Crippen LogP contribution in [0, 0.1) is 0 Å². The standard InChI is InChI=1S/C21H18Cl3FN6O4/c1-2-35-28-7-6-27-20(32)13-8-12(22)9-15(24)18(13)29-21(33)16-10-17(34-11-25)30-31(16)19-14(23)4-3-5-26-19/h3-5,7-10H,2,6,11H2,1H3,(H,27,32)(H,29,33)/b28-7+. The van der Waals surface area contributed by atoms with Crippen molar-refractivity contribution >= 4 is 58.5 Å². The van der Waals surface area contributed by atoms with Gasteiger partial charge in [0.2, 0.25) is 12.7 Å². The van der Waals surface area contributed by atoms with E-state index in [1.807, 2.05) is 0 Å². The molecule has 2 aromatic heterocycles. The Bertz CT molecular complexity index is 1250. The van der Waals surface area contributed by atoms with Gasteiger partial charge in [-0.15, -0.1) is 5.10 Å². The minimum atomic E-state index is -1.17. The van der Waals surface area contributed by atoms with Gasteiger partial charge in [-0.25, -0.2) is 14.1 Å². The number of oxime groups is 1. The third kappa shape index (κ3) is 6.59. The summed E-state index contributed by atoms with van der Waals surface area (Å²) in [5.74, 6) is -1.44. The second kappa shape index (κ2) is 12.3. The van der Waals surface area contributed by atoms with Crippen LogP contribution in [-0.2, 0) is 4.84 Å². The summed E-state index contributed by atoms with van der Waals surface area (Å²) >= 11 is 18.6. The highest BCUT2D eigenvalue weighted by atomic mass is 35.5. The number of amides is 2. The highest BCUT2D eigenvalue weighted by Gasteiger charge is 2.23. The molecule has 0 atom stereocenters. The molecule has 0 bridgehead atoms. The number of anilines is 1. The zero-order valence-electron chi connectivity index (χ0n) is 18.1. The van der Waals surface area contributed by atoms with Gasteiger partial charge in [0, 0.05) is 17.3 Å². The second-order valence-corrected chi connectivity index (χ2v) is 7.77. The Kier molecular flexibility index (Phi) is 9.24. The number of carbonyl (C=O) groups is 2. The summed E-state index contributed by atoms with van der Waals surface area (Å²) in [4.78, 5) is 34.9. The van der Waals surface area contributed by atoms with Crippen molar-refractivity contribution < 1.29 is 23.6 Å². The summed E-state index contributed by atoms with van der Waals surface area (Å²) in [5, 5.41) is 13.2. The van der Waals surface area contributed by atoms with Crippen molar-refractivity contribution in [2.45, 2.75) is 6.92 Å². The maximum absolute atomic E-state index is 13.2. The van der Waals surface area contributed by atoms with Crippen LogP contribution in [0.5, 0.6) is 5.88 Å². The van der Waals surface area contributed by atoms with E-state index in [2.05, 4.69) is 25.9 Å². The van der Waals surface area contributed by atoms with E-state index in [4.69, 9.17) is 44.4 Å². The van der Waals surface area contributed by atoms with Gasteiger partial charge < -0.3 is 20.2 Å². The number of ether oxygens (including phenoxy) is 1. The molecule has 0 aliphatic heterocycles. The van der Waals surface area contributed by atoms with Crippen LogP contribution in [0.1, 0.15) is 27.8 Å². The van der Waals surface area contributed by atoms with Gasteiger partial charge in [-0.2, -0.15) is 0 Å². The normalized spacial score (nSPS) is 10.9. The fourth-order valence-electron chi connectivity index (χ4n) is 2.80. The van der Waals surface area contributed by atoms with Gasteiger partial charge in [0.15, 0.2) is 5.82 Å². The van der Waals surface area contributed by atoms with Crippen molar-refractivity contribution in [2.24, 2.45) is 5.16 Å². The van der Waals surface area contributed by atoms with E-state index < -0.39 is 18.7 Å². The first-order valence-electron chi connectivity index (χ1n) is 9.97. The second-order valence-electron chi connectivity index (χ2n) is 6.52. The molecule has 0 aliphatic rings. The van der Waals surface area contributed by atoms with Crippen LogP contribution in [0.3, 0.4) is 0 Å². The smallest absolute Gasteiger partial charge is 0.274 e. The molecule has 35 heavy (non-hydrogen) atoms. The molecule has 2 heterocycles. The Labute approximate surface area is 214 Å². The van der Waals surface area contributed by atoms with E-state index in [0.29, 0.717) is 6.61 Å². The van der Waals surface area contributed by atoms with E-state index in [1.54, 1.807) is 13.0 Å². The van der Waals surface area contributed by atoms with Crippen LogP contribution in [0.15, 0.2) is 41.7 Å². The molecule has 14 heteroatoms. The van der Waals surface area contributed by atoms with Crippen LogP contribution in [0.4, 0.5) is 10.1 Å². The number of benzene rings is 1. The number of carbonyl (C=O) groups excluding carboxylic acids is 2. The monoisotopic (exact) mass is 542 g/mol. The van der Waals surface area contributed by atoms with Crippen molar-refractivity contribution in [1.82, 2.24) is 20.1 Å². The highest BCUT2D eigenvalue weighted by molar-refractivity contribution is 6.38. The third-order valence-corrected chi connectivity index (χ3v) is 5.04. The Morgan fingerprint density at radius 3 is 2.71 bits per heavy atom. The summed E-state index contributed by atoms with van der Waals surface area (Å²) in [5.41, 5.74) is -0.147. The molecular formula is C21H18Cl3FN6O4. The molecule has 10 nitrogen and oxygen atoms in total. The average molecular weight is 544 g/mol. The molecule has 0 radical (unpaired) electrons. The van der Waals surface area contributed by atoms with Crippen LogP contribution in [0.25, 0.3) is 5.82 Å². The van der Waals surface area contributed by atoms with Gasteiger partial charge in [0.1, 0.15) is 12.3 Å². The maximum Gasteiger partial charge on any atom is 0.274 e. The molecule has 2 N–H and O–H groups in total. The van der Waals surface area contributed by atoms with Crippen molar-refractivity contribution in [3.63, 3.8) is 0 Å². The fourth-order valence-corrected chi connectivity index (χ4v) is 3.54. The zero-order valence-corrected chi connectivity index (χ0v) is 20.4. The fraction of sp³-hybridized carbons (Fsp3) is 0.190. The molecule has 2 amide bonds. The Morgan fingerprint density at radius 1 is 1.20 bits per heavy atom. The molecule has 0 spiro atoms. The number of rotatable bonds is 10. The Morgan fingerprint density at radius 2 is 2.00 bits per heavy atom. The highest BCUT2D eigenvalue weighted by Crippen LogP contribution is 2.31. The number of alkyl halides is 1. The SMILES string of the molecule is CCO/N=C/CNC(=O)c1cc(Cl)cc(Cl)c1NC(=O)c1cc(OCF)nn1-c1ncccc1Cl. The Balaban J connectivity index is 1.94.